The molecule has 1 atom stereocenters. The first-order valence-corrected chi connectivity index (χ1v) is 8.70. The monoisotopic (exact) mass is 304 g/mol. The lowest BCUT2D eigenvalue weighted by molar-refractivity contribution is -0.148. The molecule has 0 saturated carbocycles. The van der Waals surface area contributed by atoms with Gasteiger partial charge in [-0.2, -0.15) is 17.0 Å². The molecule has 1 unspecified atom stereocenters. The number of hydrogen-bond donors (Lipinski definition) is 1. The number of piperidine rings is 1. The van der Waals surface area contributed by atoms with E-state index in [9.17, 15) is 18.3 Å². The Morgan fingerprint density at radius 3 is 2.30 bits per heavy atom. The minimum atomic E-state index is -3.50. The maximum absolute atomic E-state index is 12.6. The third kappa shape index (κ3) is 2.71. The Hall–Kier alpha value is -0.660. The van der Waals surface area contributed by atoms with E-state index in [-0.39, 0.29) is 6.54 Å². The molecule has 0 radical (unpaired) electrons. The fraction of sp³-hybridized carbons (Fsp3) is 0.923. The smallest absolute Gasteiger partial charge is 0.311 e. The molecule has 7 heteroatoms. The summed E-state index contributed by atoms with van der Waals surface area (Å²) in [5.74, 6) is -0.321. The number of nitrogens with zero attached hydrogens (tertiary/aromatic N) is 2. The highest BCUT2D eigenvalue weighted by Crippen LogP contribution is 2.36. The summed E-state index contributed by atoms with van der Waals surface area (Å²) in [6.45, 7) is 5.46. The first-order valence-electron chi connectivity index (χ1n) is 7.30. The van der Waals surface area contributed by atoms with Crippen molar-refractivity contribution in [2.75, 3.05) is 26.2 Å². The molecule has 20 heavy (non-hydrogen) atoms. The average molecular weight is 304 g/mol. The fourth-order valence-electron chi connectivity index (χ4n) is 3.02. The van der Waals surface area contributed by atoms with E-state index in [0.29, 0.717) is 38.4 Å². The van der Waals surface area contributed by atoms with E-state index in [0.717, 1.165) is 12.8 Å². The summed E-state index contributed by atoms with van der Waals surface area (Å²) in [4.78, 5) is 11.4. The summed E-state index contributed by atoms with van der Waals surface area (Å²) >= 11 is 0. The van der Waals surface area contributed by atoms with Crippen LogP contribution in [0.5, 0.6) is 0 Å². The summed E-state index contributed by atoms with van der Waals surface area (Å²) in [5, 5.41) is 9.36. The zero-order valence-electron chi connectivity index (χ0n) is 12.2. The van der Waals surface area contributed by atoms with Gasteiger partial charge in [0.2, 0.25) is 0 Å². The van der Waals surface area contributed by atoms with Gasteiger partial charge in [0.05, 0.1) is 5.41 Å². The highest BCUT2D eigenvalue weighted by atomic mass is 32.2. The second-order valence-electron chi connectivity index (χ2n) is 6.11. The Balaban J connectivity index is 2.10. The summed E-state index contributed by atoms with van der Waals surface area (Å²) in [5.41, 5.74) is -0.907. The molecule has 2 heterocycles. The molecule has 0 amide bonds. The van der Waals surface area contributed by atoms with Crippen LogP contribution in [0.15, 0.2) is 0 Å². The van der Waals surface area contributed by atoms with Crippen LogP contribution in [0.25, 0.3) is 0 Å². The SMILES string of the molecule is CCC1(C(=O)O)CCN(S(=O)(=O)N2CCC(C)CC2)C1. The zero-order chi connectivity index (χ0) is 15.0. The van der Waals surface area contributed by atoms with Crippen molar-refractivity contribution in [3.63, 3.8) is 0 Å². The van der Waals surface area contributed by atoms with Crippen molar-refractivity contribution < 1.29 is 18.3 Å². The molecule has 0 aromatic rings. The van der Waals surface area contributed by atoms with Crippen LogP contribution in [-0.2, 0) is 15.0 Å². The van der Waals surface area contributed by atoms with Crippen LogP contribution in [0.1, 0.15) is 39.5 Å². The van der Waals surface area contributed by atoms with Crippen molar-refractivity contribution in [2.45, 2.75) is 39.5 Å². The van der Waals surface area contributed by atoms with Crippen molar-refractivity contribution in [2.24, 2.45) is 11.3 Å². The molecule has 0 aromatic heterocycles. The van der Waals surface area contributed by atoms with Crippen LogP contribution in [0.2, 0.25) is 0 Å². The van der Waals surface area contributed by atoms with Gasteiger partial charge in [0.25, 0.3) is 10.2 Å². The molecule has 0 aromatic carbocycles. The third-order valence-corrected chi connectivity index (χ3v) is 6.83. The molecule has 6 nitrogen and oxygen atoms in total. The second-order valence-corrected chi connectivity index (χ2v) is 8.04. The molecule has 116 valence electrons. The Kier molecular flexibility index (Phi) is 4.41. The summed E-state index contributed by atoms with van der Waals surface area (Å²) < 4.78 is 28.0. The Morgan fingerprint density at radius 2 is 1.85 bits per heavy atom. The molecule has 2 aliphatic heterocycles. The van der Waals surface area contributed by atoms with Crippen molar-refractivity contribution in [1.82, 2.24) is 8.61 Å². The third-order valence-electron chi connectivity index (χ3n) is 4.84. The number of carbonyl (C=O) groups is 1. The summed E-state index contributed by atoms with van der Waals surface area (Å²) in [6, 6.07) is 0. The van der Waals surface area contributed by atoms with Gasteiger partial charge in [0, 0.05) is 26.2 Å². The quantitative estimate of drug-likeness (QED) is 0.845. The van der Waals surface area contributed by atoms with Gasteiger partial charge in [-0.15, -0.1) is 0 Å². The van der Waals surface area contributed by atoms with Gasteiger partial charge in [-0.25, -0.2) is 0 Å². The minimum Gasteiger partial charge on any atom is -0.481 e. The molecular formula is C13H24N2O4S. The standard InChI is InChI=1S/C13H24N2O4S/c1-3-13(12(16)17)6-9-15(10-13)20(18,19)14-7-4-11(2)5-8-14/h11H,3-10H2,1-2H3,(H,16,17). The number of hydrogen-bond acceptors (Lipinski definition) is 3. The zero-order valence-corrected chi connectivity index (χ0v) is 13.0. The minimum absolute atomic E-state index is 0.104. The molecular weight excluding hydrogens is 280 g/mol. The van der Waals surface area contributed by atoms with Gasteiger partial charge in [-0.3, -0.25) is 4.79 Å². The molecule has 2 saturated heterocycles. The Bertz CT molecular complexity index is 471. The van der Waals surface area contributed by atoms with Gasteiger partial charge in [0.1, 0.15) is 0 Å². The van der Waals surface area contributed by atoms with Crippen LogP contribution in [0.4, 0.5) is 0 Å². The predicted octanol–water partition coefficient (Wildman–Crippen LogP) is 1.15. The van der Waals surface area contributed by atoms with E-state index in [1.807, 2.05) is 6.92 Å². The lowest BCUT2D eigenvalue weighted by Gasteiger charge is -2.33. The number of carboxylic acids is 1. The van der Waals surface area contributed by atoms with Crippen molar-refractivity contribution in [1.29, 1.82) is 0 Å². The van der Waals surface area contributed by atoms with Gasteiger partial charge in [-0.1, -0.05) is 13.8 Å². The first-order chi connectivity index (χ1) is 9.32. The lowest BCUT2D eigenvalue weighted by Crippen LogP contribution is -2.47. The molecule has 1 N–H and O–H groups in total. The van der Waals surface area contributed by atoms with Crippen LogP contribution >= 0.6 is 0 Å². The molecule has 0 aliphatic carbocycles. The topological polar surface area (TPSA) is 77.9 Å². The molecule has 2 rings (SSSR count). The van der Waals surface area contributed by atoms with Gasteiger partial charge in [0.15, 0.2) is 0 Å². The molecule has 2 aliphatic rings. The van der Waals surface area contributed by atoms with E-state index in [4.69, 9.17) is 0 Å². The van der Waals surface area contributed by atoms with Crippen LogP contribution in [0.3, 0.4) is 0 Å². The molecule has 0 spiro atoms. The van der Waals surface area contributed by atoms with Crippen molar-refractivity contribution in [3.05, 3.63) is 0 Å². The normalized spacial score (nSPS) is 30.7. The number of rotatable bonds is 4. The fourth-order valence-corrected chi connectivity index (χ4v) is 4.76. The predicted molar refractivity (Wildman–Crippen MR) is 75.4 cm³/mol. The maximum atomic E-state index is 12.6. The van der Waals surface area contributed by atoms with Gasteiger partial charge >= 0.3 is 5.97 Å². The largest absolute Gasteiger partial charge is 0.481 e. The molecule has 2 fully saturated rings. The average Bonchev–Trinajstić information content (AvgIpc) is 2.85. The lowest BCUT2D eigenvalue weighted by atomic mass is 9.85. The Labute approximate surface area is 120 Å². The van der Waals surface area contributed by atoms with Gasteiger partial charge in [-0.05, 0) is 31.6 Å². The maximum Gasteiger partial charge on any atom is 0.311 e. The van der Waals surface area contributed by atoms with Crippen LogP contribution < -0.4 is 0 Å². The van der Waals surface area contributed by atoms with E-state index in [1.54, 1.807) is 0 Å². The highest BCUT2D eigenvalue weighted by Gasteiger charge is 2.48. The van der Waals surface area contributed by atoms with E-state index in [2.05, 4.69) is 6.92 Å². The Morgan fingerprint density at radius 1 is 1.25 bits per heavy atom. The highest BCUT2D eigenvalue weighted by molar-refractivity contribution is 7.86. The van der Waals surface area contributed by atoms with Gasteiger partial charge < -0.3 is 5.11 Å². The second kappa shape index (κ2) is 5.61. The van der Waals surface area contributed by atoms with Crippen LogP contribution in [0, 0.1) is 11.3 Å². The van der Waals surface area contributed by atoms with E-state index < -0.39 is 21.6 Å². The summed E-state index contributed by atoms with van der Waals surface area (Å²) in [6.07, 6.45) is 2.63. The number of aliphatic carboxylic acids is 1. The van der Waals surface area contributed by atoms with E-state index >= 15 is 0 Å². The van der Waals surface area contributed by atoms with E-state index in [1.165, 1.54) is 8.61 Å². The number of carboxylic acid groups (broad SMARTS) is 1. The van der Waals surface area contributed by atoms with Crippen LogP contribution in [-0.4, -0.2) is 54.3 Å². The summed E-state index contributed by atoms with van der Waals surface area (Å²) in [7, 11) is -3.50. The van der Waals surface area contributed by atoms with Crippen molar-refractivity contribution >= 4 is 16.2 Å². The van der Waals surface area contributed by atoms with Crippen molar-refractivity contribution in [3.8, 4) is 0 Å². The molecule has 0 bridgehead atoms. The first kappa shape index (κ1) is 15.7.